The van der Waals surface area contributed by atoms with Crippen molar-refractivity contribution in [3.63, 3.8) is 0 Å². The molecule has 0 spiro atoms. The quantitative estimate of drug-likeness (QED) is 0.309. The van der Waals surface area contributed by atoms with Gasteiger partial charge < -0.3 is 15.4 Å². The van der Waals surface area contributed by atoms with Crippen LogP contribution in [-0.4, -0.2) is 34.2 Å². The number of guanidine groups is 1. The molecule has 2 aromatic heterocycles. The second-order valence-electron chi connectivity index (χ2n) is 5.84. The molecule has 27 heavy (non-hydrogen) atoms. The lowest BCUT2D eigenvalue weighted by atomic mass is 10.1. The van der Waals surface area contributed by atoms with E-state index in [-0.39, 0.29) is 24.0 Å². The van der Waals surface area contributed by atoms with Gasteiger partial charge in [-0.3, -0.25) is 4.40 Å². The number of benzene rings is 1. The van der Waals surface area contributed by atoms with E-state index in [0.29, 0.717) is 19.7 Å². The number of hydrogen-bond donors (Lipinski definition) is 2. The zero-order chi connectivity index (χ0) is 18.2. The molecule has 0 fully saturated rings. The number of aromatic nitrogens is 3. The standard InChI is InChI=1S/C19H24N6O.HI/c1-3-20-19(21-12-15-7-9-16(10-8-15)14-26-2)22-13-18-24-23-17-6-4-5-11-25(17)18;/h4-11H,3,12-14H2,1-2H3,(H2,20,21,22);1H. The molecular weight excluding hydrogens is 455 g/mol. The molecule has 2 N–H and O–H groups in total. The number of pyridine rings is 1. The average molecular weight is 480 g/mol. The number of nitrogens with one attached hydrogen (secondary N) is 2. The second kappa shape index (κ2) is 10.8. The van der Waals surface area contributed by atoms with E-state index in [1.165, 1.54) is 0 Å². The Morgan fingerprint density at radius 3 is 2.59 bits per heavy atom. The second-order valence-corrected chi connectivity index (χ2v) is 5.84. The highest BCUT2D eigenvalue weighted by Gasteiger charge is 2.05. The van der Waals surface area contributed by atoms with Crippen molar-refractivity contribution in [2.24, 2.45) is 4.99 Å². The van der Waals surface area contributed by atoms with Gasteiger partial charge in [-0.05, 0) is 30.2 Å². The molecule has 3 rings (SSSR count). The lowest BCUT2D eigenvalue weighted by Crippen LogP contribution is -2.37. The Morgan fingerprint density at radius 1 is 1.07 bits per heavy atom. The maximum atomic E-state index is 5.14. The summed E-state index contributed by atoms with van der Waals surface area (Å²) in [5.74, 6) is 1.59. The highest BCUT2D eigenvalue weighted by Crippen LogP contribution is 2.07. The van der Waals surface area contributed by atoms with Crippen LogP contribution in [-0.2, 0) is 24.4 Å². The predicted octanol–water partition coefficient (Wildman–Crippen LogP) is 2.75. The number of aliphatic imine (C=N–C) groups is 1. The fraction of sp³-hybridized carbons (Fsp3) is 0.316. The summed E-state index contributed by atoms with van der Waals surface area (Å²) >= 11 is 0. The first kappa shape index (κ1) is 21.1. The highest BCUT2D eigenvalue weighted by molar-refractivity contribution is 14.0. The number of fused-ring (bicyclic) bond motifs is 1. The van der Waals surface area contributed by atoms with Crippen molar-refractivity contribution in [3.05, 3.63) is 65.6 Å². The average Bonchev–Trinajstić information content (AvgIpc) is 3.09. The molecule has 0 aliphatic heterocycles. The van der Waals surface area contributed by atoms with Gasteiger partial charge in [-0.25, -0.2) is 4.99 Å². The topological polar surface area (TPSA) is 75.8 Å². The third kappa shape index (κ3) is 5.90. The van der Waals surface area contributed by atoms with E-state index in [1.54, 1.807) is 7.11 Å². The minimum atomic E-state index is 0. The Hall–Kier alpha value is -2.20. The van der Waals surface area contributed by atoms with Crippen LogP contribution in [0, 0.1) is 0 Å². The molecule has 1 aromatic carbocycles. The molecule has 0 saturated carbocycles. The molecule has 7 nitrogen and oxygen atoms in total. The third-order valence-electron chi connectivity index (χ3n) is 3.90. The maximum Gasteiger partial charge on any atom is 0.191 e. The minimum Gasteiger partial charge on any atom is -0.380 e. The molecular formula is C19H25IN6O. The molecule has 2 heterocycles. The summed E-state index contributed by atoms with van der Waals surface area (Å²) in [5, 5.41) is 15.0. The summed E-state index contributed by atoms with van der Waals surface area (Å²) in [7, 11) is 1.70. The van der Waals surface area contributed by atoms with E-state index in [1.807, 2.05) is 35.7 Å². The number of methoxy groups -OCH3 is 1. The van der Waals surface area contributed by atoms with Crippen molar-refractivity contribution >= 4 is 35.6 Å². The maximum absolute atomic E-state index is 5.14. The van der Waals surface area contributed by atoms with Gasteiger partial charge in [0.15, 0.2) is 17.4 Å². The molecule has 0 aliphatic rings. The Bertz CT molecular complexity index is 862. The third-order valence-corrected chi connectivity index (χ3v) is 3.90. The van der Waals surface area contributed by atoms with Crippen molar-refractivity contribution in [2.45, 2.75) is 26.6 Å². The van der Waals surface area contributed by atoms with Gasteiger partial charge in [0.05, 0.1) is 19.7 Å². The summed E-state index contributed by atoms with van der Waals surface area (Å²) < 4.78 is 7.10. The van der Waals surface area contributed by atoms with Crippen LogP contribution in [0.5, 0.6) is 0 Å². The van der Waals surface area contributed by atoms with E-state index in [0.717, 1.165) is 35.1 Å². The van der Waals surface area contributed by atoms with Gasteiger partial charge in [0.25, 0.3) is 0 Å². The first-order valence-corrected chi connectivity index (χ1v) is 8.67. The Kier molecular flexibility index (Phi) is 8.46. The van der Waals surface area contributed by atoms with Crippen molar-refractivity contribution in [3.8, 4) is 0 Å². The van der Waals surface area contributed by atoms with Crippen LogP contribution in [0.3, 0.4) is 0 Å². The van der Waals surface area contributed by atoms with Crippen LogP contribution in [0.15, 0.2) is 53.7 Å². The van der Waals surface area contributed by atoms with Crippen molar-refractivity contribution in [1.82, 2.24) is 25.2 Å². The Morgan fingerprint density at radius 2 is 1.85 bits per heavy atom. The summed E-state index contributed by atoms with van der Waals surface area (Å²) in [6.45, 7) is 4.61. The number of halogens is 1. The van der Waals surface area contributed by atoms with Crippen LogP contribution in [0.1, 0.15) is 23.9 Å². The summed E-state index contributed by atoms with van der Waals surface area (Å²) in [6.07, 6.45) is 1.96. The van der Waals surface area contributed by atoms with Gasteiger partial charge in [0, 0.05) is 19.9 Å². The first-order chi connectivity index (χ1) is 12.8. The summed E-state index contributed by atoms with van der Waals surface area (Å²) in [4.78, 5) is 4.64. The molecule has 8 heteroatoms. The van der Waals surface area contributed by atoms with Gasteiger partial charge in [-0.15, -0.1) is 34.2 Å². The zero-order valence-electron chi connectivity index (χ0n) is 15.6. The summed E-state index contributed by atoms with van der Waals surface area (Å²) in [5.41, 5.74) is 3.14. The molecule has 0 saturated heterocycles. The Balaban J connectivity index is 0.00000261. The van der Waals surface area contributed by atoms with E-state index >= 15 is 0 Å². The molecule has 0 amide bonds. The zero-order valence-corrected chi connectivity index (χ0v) is 17.9. The first-order valence-electron chi connectivity index (χ1n) is 8.67. The lowest BCUT2D eigenvalue weighted by Gasteiger charge is -2.10. The molecule has 0 unspecified atom stereocenters. The number of ether oxygens (including phenoxy) is 1. The lowest BCUT2D eigenvalue weighted by molar-refractivity contribution is 0.185. The summed E-state index contributed by atoms with van der Waals surface area (Å²) in [6, 6.07) is 14.1. The monoisotopic (exact) mass is 480 g/mol. The van der Waals surface area contributed by atoms with E-state index in [2.05, 4.69) is 50.1 Å². The number of nitrogens with zero attached hydrogens (tertiary/aromatic N) is 4. The smallest absolute Gasteiger partial charge is 0.191 e. The normalized spacial score (nSPS) is 11.3. The number of hydrogen-bond acceptors (Lipinski definition) is 4. The fourth-order valence-corrected chi connectivity index (χ4v) is 2.59. The van der Waals surface area contributed by atoms with Gasteiger partial charge in [0.2, 0.25) is 0 Å². The molecule has 144 valence electrons. The van der Waals surface area contributed by atoms with Crippen LogP contribution in [0.2, 0.25) is 0 Å². The molecule has 3 aromatic rings. The van der Waals surface area contributed by atoms with Crippen molar-refractivity contribution in [1.29, 1.82) is 0 Å². The SMILES string of the molecule is CCNC(=NCc1ccc(COC)cc1)NCc1nnc2ccccn12.I. The van der Waals surface area contributed by atoms with E-state index in [4.69, 9.17) is 4.74 Å². The molecule has 0 bridgehead atoms. The largest absolute Gasteiger partial charge is 0.380 e. The molecule has 0 radical (unpaired) electrons. The van der Waals surface area contributed by atoms with Crippen LogP contribution in [0.25, 0.3) is 5.65 Å². The van der Waals surface area contributed by atoms with E-state index in [9.17, 15) is 0 Å². The van der Waals surface area contributed by atoms with Crippen molar-refractivity contribution < 1.29 is 4.74 Å². The van der Waals surface area contributed by atoms with Gasteiger partial charge in [-0.2, -0.15) is 0 Å². The van der Waals surface area contributed by atoms with Crippen LogP contribution in [0.4, 0.5) is 0 Å². The molecule has 0 atom stereocenters. The van der Waals surface area contributed by atoms with Gasteiger partial charge >= 0.3 is 0 Å². The Labute approximate surface area is 176 Å². The van der Waals surface area contributed by atoms with Gasteiger partial charge in [-0.1, -0.05) is 30.3 Å². The molecule has 0 aliphatic carbocycles. The van der Waals surface area contributed by atoms with Crippen molar-refractivity contribution in [2.75, 3.05) is 13.7 Å². The fourth-order valence-electron chi connectivity index (χ4n) is 2.59. The van der Waals surface area contributed by atoms with E-state index < -0.39 is 0 Å². The van der Waals surface area contributed by atoms with Gasteiger partial charge in [0.1, 0.15) is 0 Å². The number of rotatable bonds is 7. The van der Waals surface area contributed by atoms with Crippen LogP contribution < -0.4 is 10.6 Å². The highest BCUT2D eigenvalue weighted by atomic mass is 127. The predicted molar refractivity (Wildman–Crippen MR) is 117 cm³/mol. The van der Waals surface area contributed by atoms with Crippen LogP contribution >= 0.6 is 24.0 Å². The minimum absolute atomic E-state index is 0.